The molecule has 10 nitrogen and oxygen atoms in total. The second kappa shape index (κ2) is 10.6. The van der Waals surface area contributed by atoms with E-state index in [2.05, 4.69) is 10.1 Å². The van der Waals surface area contributed by atoms with Crippen LogP contribution in [0, 0.1) is 17.0 Å². The van der Waals surface area contributed by atoms with Crippen molar-refractivity contribution in [1.82, 2.24) is 19.3 Å². The number of benzene rings is 2. The van der Waals surface area contributed by atoms with Gasteiger partial charge in [-0.1, -0.05) is 11.6 Å². The Hall–Kier alpha value is -4.18. The first-order valence-electron chi connectivity index (χ1n) is 11.2. The van der Waals surface area contributed by atoms with Crippen LogP contribution in [0.1, 0.15) is 28.8 Å². The molecule has 0 saturated carbocycles. The molecular weight excluding hydrogens is 486 g/mol. The number of carbonyl (C=O) groups excluding carboxylic acids is 1. The van der Waals surface area contributed by atoms with Crippen molar-refractivity contribution in [3.63, 3.8) is 0 Å². The van der Waals surface area contributed by atoms with Crippen LogP contribution in [-0.4, -0.2) is 43.9 Å². The molecule has 4 aromatic rings. The van der Waals surface area contributed by atoms with Gasteiger partial charge in [-0.25, -0.2) is 19.0 Å². The Morgan fingerprint density at radius 1 is 1.14 bits per heavy atom. The van der Waals surface area contributed by atoms with E-state index in [0.29, 0.717) is 33.5 Å². The van der Waals surface area contributed by atoms with Crippen molar-refractivity contribution in [2.45, 2.75) is 26.8 Å². The number of nitro groups is 1. The van der Waals surface area contributed by atoms with Gasteiger partial charge in [0, 0.05) is 29.5 Å². The van der Waals surface area contributed by atoms with Crippen LogP contribution < -0.4 is 4.74 Å². The normalized spacial score (nSPS) is 10.9. The predicted octanol–water partition coefficient (Wildman–Crippen LogP) is 5.03. The molecule has 0 aliphatic rings. The number of methoxy groups -OCH3 is 1. The quantitative estimate of drug-likeness (QED) is 0.176. The number of imidazole rings is 1. The summed E-state index contributed by atoms with van der Waals surface area (Å²) in [5.41, 5.74) is 2.85. The molecule has 0 spiro atoms. The van der Waals surface area contributed by atoms with E-state index in [1.54, 1.807) is 49.9 Å². The molecule has 36 heavy (non-hydrogen) atoms. The van der Waals surface area contributed by atoms with Gasteiger partial charge < -0.3 is 19.6 Å². The van der Waals surface area contributed by atoms with Crippen LogP contribution in [0.2, 0.25) is 5.02 Å². The predicted molar refractivity (Wildman–Crippen MR) is 134 cm³/mol. The van der Waals surface area contributed by atoms with Gasteiger partial charge in [0.1, 0.15) is 11.9 Å². The average Bonchev–Trinajstić information content (AvgIpc) is 3.44. The van der Waals surface area contributed by atoms with E-state index >= 15 is 0 Å². The molecule has 2 heterocycles. The van der Waals surface area contributed by atoms with Gasteiger partial charge in [0.05, 0.1) is 31.6 Å². The highest BCUT2D eigenvalue weighted by atomic mass is 35.5. The molecule has 2 aromatic carbocycles. The molecule has 186 valence electrons. The van der Waals surface area contributed by atoms with Crippen LogP contribution >= 0.6 is 11.6 Å². The van der Waals surface area contributed by atoms with E-state index in [-0.39, 0.29) is 31.1 Å². The molecule has 0 saturated heterocycles. The van der Waals surface area contributed by atoms with Gasteiger partial charge in [0.15, 0.2) is 11.5 Å². The Morgan fingerprint density at radius 2 is 1.83 bits per heavy atom. The summed E-state index contributed by atoms with van der Waals surface area (Å²) in [5.74, 6) is 0.469. The lowest BCUT2D eigenvalue weighted by Gasteiger charge is -2.11. The second-order valence-corrected chi connectivity index (χ2v) is 8.27. The van der Waals surface area contributed by atoms with Crippen LogP contribution in [0.4, 0.5) is 5.82 Å². The number of nitrogens with zero attached hydrogens (tertiary/aromatic N) is 5. The second-order valence-electron chi connectivity index (χ2n) is 7.84. The van der Waals surface area contributed by atoms with Crippen molar-refractivity contribution in [2.75, 3.05) is 13.7 Å². The molecule has 0 N–H and O–H groups in total. The van der Waals surface area contributed by atoms with E-state index in [0.717, 1.165) is 5.56 Å². The molecule has 0 radical (unpaired) electrons. The number of esters is 1. The third-order valence-electron chi connectivity index (χ3n) is 5.69. The molecule has 4 rings (SSSR count). The van der Waals surface area contributed by atoms with Gasteiger partial charge >= 0.3 is 11.8 Å². The Bertz CT molecular complexity index is 1390. The van der Waals surface area contributed by atoms with Gasteiger partial charge in [0.2, 0.25) is 0 Å². The monoisotopic (exact) mass is 509 g/mol. The molecule has 0 aliphatic carbocycles. The minimum atomic E-state index is -0.577. The minimum absolute atomic E-state index is 0.124. The lowest BCUT2D eigenvalue weighted by atomic mass is 10.0. The number of hydrogen-bond donors (Lipinski definition) is 0. The van der Waals surface area contributed by atoms with E-state index < -0.39 is 10.9 Å². The average molecular weight is 510 g/mol. The first kappa shape index (κ1) is 24.9. The summed E-state index contributed by atoms with van der Waals surface area (Å²) < 4.78 is 13.8. The first-order valence-corrected chi connectivity index (χ1v) is 11.6. The number of carbonyl (C=O) groups is 1. The van der Waals surface area contributed by atoms with Crippen molar-refractivity contribution < 1.29 is 19.2 Å². The Morgan fingerprint density at radius 3 is 2.44 bits per heavy atom. The Labute approximate surface area is 212 Å². The summed E-state index contributed by atoms with van der Waals surface area (Å²) in [4.78, 5) is 28.1. The zero-order valence-electron chi connectivity index (χ0n) is 20.0. The third kappa shape index (κ3) is 4.94. The third-order valence-corrected chi connectivity index (χ3v) is 5.95. The number of aryl methyl sites for hydroxylation is 1. The van der Waals surface area contributed by atoms with E-state index in [1.165, 1.54) is 10.8 Å². The van der Waals surface area contributed by atoms with E-state index in [4.69, 9.17) is 21.1 Å². The summed E-state index contributed by atoms with van der Waals surface area (Å²) in [6.45, 7) is 3.80. The SMILES string of the molecule is CCOC(=O)c1nn(-c2ccc(Cl)cc2)c(-c2ccc(OC)cc2)c1CCn1c([N+](=O)[O-])cnc1C. The van der Waals surface area contributed by atoms with Crippen LogP contribution in [0.3, 0.4) is 0 Å². The summed E-state index contributed by atoms with van der Waals surface area (Å²) in [6.07, 6.45) is 1.49. The van der Waals surface area contributed by atoms with E-state index in [1.807, 2.05) is 24.3 Å². The molecular formula is C25H24ClN5O5. The molecule has 0 amide bonds. The Balaban J connectivity index is 1.90. The fourth-order valence-electron chi connectivity index (χ4n) is 3.97. The maximum atomic E-state index is 13.0. The number of halogens is 1. The van der Waals surface area contributed by atoms with Gasteiger partial charge in [-0.2, -0.15) is 5.10 Å². The van der Waals surface area contributed by atoms with Crippen molar-refractivity contribution in [3.05, 3.63) is 86.9 Å². The summed E-state index contributed by atoms with van der Waals surface area (Å²) in [6, 6.07) is 14.4. The highest BCUT2D eigenvalue weighted by Gasteiger charge is 2.27. The number of rotatable bonds is 9. The fourth-order valence-corrected chi connectivity index (χ4v) is 4.09. The van der Waals surface area contributed by atoms with Gasteiger partial charge in [-0.05, 0) is 60.4 Å². The fraction of sp³-hybridized carbons (Fsp3) is 0.240. The minimum Gasteiger partial charge on any atom is -0.497 e. The zero-order valence-corrected chi connectivity index (χ0v) is 20.7. The molecule has 2 aromatic heterocycles. The maximum absolute atomic E-state index is 13.0. The molecule has 0 aliphatic heterocycles. The largest absolute Gasteiger partial charge is 0.497 e. The number of hydrogen-bond acceptors (Lipinski definition) is 7. The van der Waals surface area contributed by atoms with Gasteiger partial charge in [-0.15, -0.1) is 0 Å². The highest BCUT2D eigenvalue weighted by molar-refractivity contribution is 6.30. The van der Waals surface area contributed by atoms with Crippen molar-refractivity contribution >= 4 is 23.4 Å². The van der Waals surface area contributed by atoms with Crippen molar-refractivity contribution in [1.29, 1.82) is 0 Å². The number of aromatic nitrogens is 4. The summed E-state index contributed by atoms with van der Waals surface area (Å²) >= 11 is 6.10. The zero-order chi connectivity index (χ0) is 25.8. The topological polar surface area (TPSA) is 114 Å². The van der Waals surface area contributed by atoms with Crippen LogP contribution in [-0.2, 0) is 17.7 Å². The molecule has 0 bridgehead atoms. The molecule has 11 heteroatoms. The van der Waals surface area contributed by atoms with Crippen LogP contribution in [0.5, 0.6) is 5.75 Å². The van der Waals surface area contributed by atoms with Crippen molar-refractivity contribution in [3.8, 4) is 22.7 Å². The standard InChI is InChI=1S/C25H24ClN5O5/c1-4-36-25(32)23-21(13-14-29-16(2)27-15-22(29)31(33)34)24(17-5-11-20(35-3)12-6-17)30(28-23)19-9-7-18(26)8-10-19/h5-12,15H,4,13-14H2,1-3H3. The molecule has 0 fully saturated rings. The first-order chi connectivity index (χ1) is 17.3. The smallest absolute Gasteiger partial charge is 0.359 e. The Kier molecular flexibility index (Phi) is 7.35. The lowest BCUT2D eigenvalue weighted by Crippen LogP contribution is -2.12. The summed E-state index contributed by atoms with van der Waals surface area (Å²) in [7, 11) is 1.58. The highest BCUT2D eigenvalue weighted by Crippen LogP contribution is 2.32. The van der Waals surface area contributed by atoms with Crippen LogP contribution in [0.15, 0.2) is 54.7 Å². The lowest BCUT2D eigenvalue weighted by molar-refractivity contribution is -0.392. The van der Waals surface area contributed by atoms with E-state index in [9.17, 15) is 14.9 Å². The summed E-state index contributed by atoms with van der Waals surface area (Å²) in [5, 5.41) is 16.7. The molecule has 0 atom stereocenters. The maximum Gasteiger partial charge on any atom is 0.359 e. The molecule has 0 unspecified atom stereocenters. The van der Waals surface area contributed by atoms with Gasteiger partial charge in [0.25, 0.3) is 0 Å². The number of ether oxygens (including phenoxy) is 2. The van der Waals surface area contributed by atoms with Crippen molar-refractivity contribution in [2.24, 2.45) is 0 Å². The van der Waals surface area contributed by atoms with Gasteiger partial charge in [-0.3, -0.25) is 0 Å². The van der Waals surface area contributed by atoms with Crippen LogP contribution in [0.25, 0.3) is 16.9 Å².